The Bertz CT molecular complexity index is 336. The van der Waals surface area contributed by atoms with Crippen LogP contribution in [0.3, 0.4) is 0 Å². The van der Waals surface area contributed by atoms with Gasteiger partial charge in [-0.3, -0.25) is 0 Å². The summed E-state index contributed by atoms with van der Waals surface area (Å²) in [6.45, 7) is 4.89. The lowest BCUT2D eigenvalue weighted by Crippen LogP contribution is -2.13. The Labute approximate surface area is 98.7 Å². The van der Waals surface area contributed by atoms with E-state index in [1.54, 1.807) is 18.2 Å². The molecule has 1 aromatic carbocycles. The minimum absolute atomic E-state index is 0.510. The van der Waals surface area contributed by atoms with Gasteiger partial charge in [-0.05, 0) is 12.1 Å². The van der Waals surface area contributed by atoms with E-state index in [9.17, 15) is 0 Å². The van der Waals surface area contributed by atoms with E-state index in [-0.39, 0.29) is 0 Å². The minimum Gasteiger partial charge on any atom is -0.309 e. The highest BCUT2D eigenvalue weighted by atomic mass is 35.5. The average Bonchev–Trinajstić information content (AvgIpc) is 2.18. The topological polar surface area (TPSA) is 12.0 Å². The molecule has 0 spiro atoms. The molecule has 4 heteroatoms. The molecule has 0 saturated heterocycles. The molecule has 14 heavy (non-hydrogen) atoms. The molecule has 0 atom stereocenters. The predicted molar refractivity (Wildman–Crippen MR) is 63.4 cm³/mol. The van der Waals surface area contributed by atoms with Crippen LogP contribution in [-0.2, 0) is 6.54 Å². The lowest BCUT2D eigenvalue weighted by molar-refractivity contribution is 0.761. The van der Waals surface area contributed by atoms with E-state index in [2.05, 4.69) is 11.9 Å². The highest BCUT2D eigenvalue weighted by Crippen LogP contribution is 2.31. The first-order chi connectivity index (χ1) is 6.66. The van der Waals surface area contributed by atoms with E-state index < -0.39 is 0 Å². The van der Waals surface area contributed by atoms with Gasteiger partial charge in [0, 0.05) is 23.7 Å². The lowest BCUT2D eigenvalue weighted by Gasteiger charge is -2.08. The van der Waals surface area contributed by atoms with E-state index in [0.29, 0.717) is 28.2 Å². The fourth-order valence-corrected chi connectivity index (χ4v) is 1.71. The zero-order valence-electron chi connectivity index (χ0n) is 7.49. The molecule has 0 bridgehead atoms. The number of benzene rings is 1. The molecule has 1 nitrogen and oxygen atoms in total. The molecule has 0 aliphatic rings. The third-order valence-corrected chi connectivity index (χ3v) is 2.93. The normalized spacial score (nSPS) is 10.2. The van der Waals surface area contributed by atoms with Crippen LogP contribution in [0.15, 0.2) is 24.8 Å². The van der Waals surface area contributed by atoms with Crippen LogP contribution >= 0.6 is 34.8 Å². The molecule has 76 valence electrons. The van der Waals surface area contributed by atoms with E-state index in [1.807, 2.05) is 0 Å². The molecule has 0 aliphatic carbocycles. The first-order valence-corrected chi connectivity index (χ1v) is 5.24. The van der Waals surface area contributed by atoms with Crippen LogP contribution in [0.1, 0.15) is 5.56 Å². The maximum absolute atomic E-state index is 6.00. The second kappa shape index (κ2) is 5.62. The standard InChI is InChI=1S/C10H10Cl3N/c1-2-5-14-6-7-8(11)3-4-9(12)10(7)13/h2-4,14H,1,5-6H2. The highest BCUT2D eigenvalue weighted by molar-refractivity contribution is 6.44. The first-order valence-electron chi connectivity index (χ1n) is 4.10. The second-order valence-electron chi connectivity index (χ2n) is 2.74. The van der Waals surface area contributed by atoms with E-state index >= 15 is 0 Å². The Hall–Kier alpha value is -0.210. The molecule has 0 aromatic heterocycles. The Morgan fingerprint density at radius 3 is 2.50 bits per heavy atom. The van der Waals surface area contributed by atoms with Crippen LogP contribution in [-0.4, -0.2) is 6.54 Å². The summed E-state index contributed by atoms with van der Waals surface area (Å²) in [5.74, 6) is 0. The van der Waals surface area contributed by atoms with Gasteiger partial charge < -0.3 is 5.32 Å². The van der Waals surface area contributed by atoms with Crippen molar-refractivity contribution in [2.45, 2.75) is 6.54 Å². The molecular weight excluding hydrogens is 240 g/mol. The van der Waals surface area contributed by atoms with Crippen molar-refractivity contribution in [3.05, 3.63) is 45.4 Å². The van der Waals surface area contributed by atoms with Crippen LogP contribution in [0.2, 0.25) is 15.1 Å². The SMILES string of the molecule is C=CCNCc1c(Cl)ccc(Cl)c1Cl. The highest BCUT2D eigenvalue weighted by Gasteiger charge is 2.08. The van der Waals surface area contributed by atoms with Gasteiger partial charge in [0.15, 0.2) is 0 Å². The monoisotopic (exact) mass is 249 g/mol. The molecular formula is C10H10Cl3N. The zero-order chi connectivity index (χ0) is 10.6. The van der Waals surface area contributed by atoms with Crippen molar-refractivity contribution in [2.75, 3.05) is 6.54 Å². The van der Waals surface area contributed by atoms with Gasteiger partial charge >= 0.3 is 0 Å². The van der Waals surface area contributed by atoms with Gasteiger partial charge in [-0.2, -0.15) is 0 Å². The average molecular weight is 251 g/mol. The van der Waals surface area contributed by atoms with Gasteiger partial charge in [0.05, 0.1) is 10.0 Å². The Balaban J connectivity index is 2.83. The maximum atomic E-state index is 6.00. The lowest BCUT2D eigenvalue weighted by atomic mass is 10.2. The smallest absolute Gasteiger partial charge is 0.0652 e. The van der Waals surface area contributed by atoms with Crippen molar-refractivity contribution in [3.63, 3.8) is 0 Å². The van der Waals surface area contributed by atoms with E-state index in [1.165, 1.54) is 0 Å². The third kappa shape index (κ3) is 2.89. The predicted octanol–water partition coefficient (Wildman–Crippen LogP) is 3.92. The van der Waals surface area contributed by atoms with Gasteiger partial charge in [-0.25, -0.2) is 0 Å². The van der Waals surface area contributed by atoms with Gasteiger partial charge in [0.2, 0.25) is 0 Å². The minimum atomic E-state index is 0.510. The summed E-state index contributed by atoms with van der Waals surface area (Å²) >= 11 is 17.8. The van der Waals surface area contributed by atoms with Crippen LogP contribution in [0.4, 0.5) is 0 Å². The summed E-state index contributed by atoms with van der Waals surface area (Å²) in [4.78, 5) is 0. The molecule has 1 N–H and O–H groups in total. The second-order valence-corrected chi connectivity index (χ2v) is 3.93. The molecule has 0 radical (unpaired) electrons. The third-order valence-electron chi connectivity index (χ3n) is 1.73. The summed E-state index contributed by atoms with van der Waals surface area (Å²) in [7, 11) is 0. The Morgan fingerprint density at radius 2 is 1.86 bits per heavy atom. The zero-order valence-corrected chi connectivity index (χ0v) is 9.76. The molecule has 0 amide bonds. The van der Waals surface area contributed by atoms with Gasteiger partial charge in [0.1, 0.15) is 0 Å². The number of hydrogen-bond acceptors (Lipinski definition) is 1. The fraction of sp³-hybridized carbons (Fsp3) is 0.200. The first kappa shape index (κ1) is 11.9. The molecule has 0 unspecified atom stereocenters. The van der Waals surface area contributed by atoms with Crippen molar-refractivity contribution in [3.8, 4) is 0 Å². The Morgan fingerprint density at radius 1 is 1.21 bits per heavy atom. The molecule has 0 fully saturated rings. The van der Waals surface area contributed by atoms with Crippen molar-refractivity contribution < 1.29 is 0 Å². The van der Waals surface area contributed by atoms with Crippen LogP contribution in [0.5, 0.6) is 0 Å². The molecule has 0 aliphatic heterocycles. The van der Waals surface area contributed by atoms with E-state index in [4.69, 9.17) is 34.8 Å². The summed E-state index contributed by atoms with van der Waals surface area (Å²) in [6, 6.07) is 3.42. The van der Waals surface area contributed by atoms with Gasteiger partial charge in [-0.1, -0.05) is 40.9 Å². The summed E-state index contributed by atoms with van der Waals surface area (Å²) in [5, 5.41) is 4.77. The van der Waals surface area contributed by atoms with Gasteiger partial charge in [-0.15, -0.1) is 6.58 Å². The van der Waals surface area contributed by atoms with Crippen molar-refractivity contribution in [1.29, 1.82) is 0 Å². The maximum Gasteiger partial charge on any atom is 0.0652 e. The van der Waals surface area contributed by atoms with Crippen molar-refractivity contribution in [1.82, 2.24) is 5.32 Å². The Kier molecular flexibility index (Phi) is 4.76. The summed E-state index contributed by atoms with van der Waals surface area (Å²) in [6.07, 6.45) is 1.77. The van der Waals surface area contributed by atoms with Crippen LogP contribution < -0.4 is 5.32 Å². The molecule has 1 rings (SSSR count). The molecule has 0 heterocycles. The largest absolute Gasteiger partial charge is 0.309 e. The molecule has 1 aromatic rings. The quantitative estimate of drug-likeness (QED) is 0.485. The van der Waals surface area contributed by atoms with E-state index in [0.717, 1.165) is 5.56 Å². The fourth-order valence-electron chi connectivity index (χ4n) is 1.03. The van der Waals surface area contributed by atoms with Crippen molar-refractivity contribution in [2.24, 2.45) is 0 Å². The number of hydrogen-bond donors (Lipinski definition) is 1. The van der Waals surface area contributed by atoms with Gasteiger partial charge in [0.25, 0.3) is 0 Å². The number of rotatable bonds is 4. The number of halogens is 3. The van der Waals surface area contributed by atoms with Crippen LogP contribution in [0, 0.1) is 0 Å². The van der Waals surface area contributed by atoms with Crippen molar-refractivity contribution >= 4 is 34.8 Å². The summed E-state index contributed by atoms with van der Waals surface area (Å²) in [5.41, 5.74) is 0.822. The number of nitrogens with one attached hydrogen (secondary N) is 1. The molecule has 0 saturated carbocycles. The van der Waals surface area contributed by atoms with Crippen LogP contribution in [0.25, 0.3) is 0 Å². The summed E-state index contributed by atoms with van der Waals surface area (Å²) < 4.78 is 0.